The van der Waals surface area contributed by atoms with Crippen LogP contribution >= 0.6 is 11.8 Å². The van der Waals surface area contributed by atoms with Crippen LogP contribution < -0.4 is 10.1 Å². The molecule has 18 heavy (non-hydrogen) atoms. The standard InChI is InChI=1S/C10H14F3N3OS/c1-14-7-6-8(16-9(15-7)18-2)17-5-3-4-10(11,12)13/h6H,3-5H2,1-2H3,(H,14,15,16). The van der Waals surface area contributed by atoms with E-state index in [2.05, 4.69) is 15.3 Å². The lowest BCUT2D eigenvalue weighted by Gasteiger charge is -2.09. The maximum absolute atomic E-state index is 11.9. The highest BCUT2D eigenvalue weighted by Crippen LogP contribution is 2.22. The summed E-state index contributed by atoms with van der Waals surface area (Å²) in [7, 11) is 1.69. The largest absolute Gasteiger partial charge is 0.478 e. The summed E-state index contributed by atoms with van der Waals surface area (Å²) in [6, 6.07) is 1.55. The van der Waals surface area contributed by atoms with Crippen molar-refractivity contribution in [3.05, 3.63) is 6.07 Å². The van der Waals surface area contributed by atoms with Crippen LogP contribution in [0, 0.1) is 0 Å². The summed E-state index contributed by atoms with van der Waals surface area (Å²) in [5.41, 5.74) is 0. The topological polar surface area (TPSA) is 47.0 Å². The Labute approximate surface area is 107 Å². The maximum Gasteiger partial charge on any atom is 0.389 e. The van der Waals surface area contributed by atoms with E-state index in [0.29, 0.717) is 11.0 Å². The van der Waals surface area contributed by atoms with Crippen molar-refractivity contribution >= 4 is 17.6 Å². The fourth-order valence-electron chi connectivity index (χ4n) is 1.15. The zero-order valence-electron chi connectivity index (χ0n) is 10.0. The molecule has 8 heteroatoms. The van der Waals surface area contributed by atoms with Crippen molar-refractivity contribution in [3.63, 3.8) is 0 Å². The van der Waals surface area contributed by atoms with E-state index >= 15 is 0 Å². The van der Waals surface area contributed by atoms with Crippen molar-refractivity contribution in [2.24, 2.45) is 0 Å². The Morgan fingerprint density at radius 1 is 1.39 bits per heavy atom. The molecule has 0 radical (unpaired) electrons. The van der Waals surface area contributed by atoms with Gasteiger partial charge in [0.1, 0.15) is 5.82 Å². The van der Waals surface area contributed by atoms with Gasteiger partial charge in [-0.3, -0.25) is 0 Å². The number of nitrogens with zero attached hydrogens (tertiary/aromatic N) is 2. The highest BCUT2D eigenvalue weighted by atomic mass is 32.2. The van der Waals surface area contributed by atoms with Crippen LogP contribution in [-0.2, 0) is 0 Å². The molecule has 0 atom stereocenters. The van der Waals surface area contributed by atoms with Crippen molar-refractivity contribution < 1.29 is 17.9 Å². The molecule has 0 amide bonds. The van der Waals surface area contributed by atoms with Crippen LogP contribution in [0.2, 0.25) is 0 Å². The molecule has 4 nitrogen and oxygen atoms in total. The lowest BCUT2D eigenvalue weighted by Crippen LogP contribution is -2.10. The molecule has 0 fully saturated rings. The maximum atomic E-state index is 11.9. The summed E-state index contributed by atoms with van der Waals surface area (Å²) in [5.74, 6) is 0.848. The van der Waals surface area contributed by atoms with Gasteiger partial charge in [0.15, 0.2) is 5.16 Å². The summed E-state index contributed by atoms with van der Waals surface area (Å²) >= 11 is 1.33. The third kappa shape index (κ3) is 5.44. The number of alkyl halides is 3. The van der Waals surface area contributed by atoms with Crippen molar-refractivity contribution in [2.45, 2.75) is 24.2 Å². The van der Waals surface area contributed by atoms with Crippen LogP contribution in [-0.4, -0.2) is 36.1 Å². The van der Waals surface area contributed by atoms with Gasteiger partial charge in [-0.15, -0.1) is 0 Å². The lowest BCUT2D eigenvalue weighted by molar-refractivity contribution is -0.136. The lowest BCUT2D eigenvalue weighted by atomic mass is 10.3. The molecular weight excluding hydrogens is 267 g/mol. The first-order valence-electron chi connectivity index (χ1n) is 5.25. The number of rotatable bonds is 6. The van der Waals surface area contributed by atoms with Gasteiger partial charge in [-0.25, -0.2) is 4.98 Å². The Balaban J connectivity index is 2.51. The van der Waals surface area contributed by atoms with Gasteiger partial charge in [-0.05, 0) is 12.7 Å². The quantitative estimate of drug-likeness (QED) is 0.493. The molecule has 102 valence electrons. The third-order valence-electron chi connectivity index (χ3n) is 1.98. The van der Waals surface area contributed by atoms with Crippen molar-refractivity contribution in [1.82, 2.24) is 9.97 Å². The van der Waals surface area contributed by atoms with Gasteiger partial charge < -0.3 is 10.1 Å². The SMILES string of the molecule is CNc1cc(OCCCC(F)(F)F)nc(SC)n1. The minimum atomic E-state index is -4.14. The molecule has 0 spiro atoms. The van der Waals surface area contributed by atoms with Crippen LogP contribution in [0.5, 0.6) is 5.88 Å². The zero-order valence-corrected chi connectivity index (χ0v) is 10.9. The van der Waals surface area contributed by atoms with E-state index in [1.165, 1.54) is 11.8 Å². The number of halogens is 3. The second-order valence-corrected chi connectivity index (χ2v) is 4.17. The van der Waals surface area contributed by atoms with E-state index in [1.54, 1.807) is 13.1 Å². The van der Waals surface area contributed by atoms with Crippen LogP contribution in [0.3, 0.4) is 0 Å². The van der Waals surface area contributed by atoms with Crippen LogP contribution in [0.4, 0.5) is 19.0 Å². The zero-order chi connectivity index (χ0) is 13.6. The van der Waals surface area contributed by atoms with E-state index in [-0.39, 0.29) is 18.9 Å². The summed E-state index contributed by atoms with van der Waals surface area (Å²) in [4.78, 5) is 8.16. The number of thioether (sulfide) groups is 1. The highest BCUT2D eigenvalue weighted by molar-refractivity contribution is 7.98. The van der Waals surface area contributed by atoms with E-state index < -0.39 is 12.6 Å². The number of nitrogens with one attached hydrogen (secondary N) is 1. The van der Waals surface area contributed by atoms with Gasteiger partial charge in [-0.1, -0.05) is 11.8 Å². The van der Waals surface area contributed by atoms with Crippen molar-refractivity contribution in [3.8, 4) is 5.88 Å². The molecule has 1 aromatic rings. The predicted molar refractivity (Wildman–Crippen MR) is 64.1 cm³/mol. The van der Waals surface area contributed by atoms with Gasteiger partial charge in [0.05, 0.1) is 6.61 Å². The second-order valence-electron chi connectivity index (χ2n) is 3.40. The monoisotopic (exact) mass is 281 g/mol. The Morgan fingerprint density at radius 3 is 2.67 bits per heavy atom. The van der Waals surface area contributed by atoms with Gasteiger partial charge in [0, 0.05) is 19.5 Å². The van der Waals surface area contributed by atoms with Gasteiger partial charge in [0.2, 0.25) is 5.88 Å². The van der Waals surface area contributed by atoms with Crippen LogP contribution in [0.15, 0.2) is 11.2 Å². The summed E-state index contributed by atoms with van der Waals surface area (Å²) in [6.07, 6.45) is -3.28. The molecule has 1 rings (SSSR count). The smallest absolute Gasteiger partial charge is 0.389 e. The molecule has 0 bridgehead atoms. The highest BCUT2D eigenvalue weighted by Gasteiger charge is 2.26. The molecule has 1 heterocycles. The molecule has 0 unspecified atom stereocenters. The Hall–Kier alpha value is -1.18. The molecule has 0 aliphatic heterocycles. The van der Waals surface area contributed by atoms with Gasteiger partial charge in [-0.2, -0.15) is 18.2 Å². The average molecular weight is 281 g/mol. The molecule has 0 aliphatic rings. The Bertz CT molecular complexity index is 365. The van der Waals surface area contributed by atoms with E-state index in [1.807, 2.05) is 6.26 Å². The van der Waals surface area contributed by atoms with Crippen LogP contribution in [0.1, 0.15) is 12.8 Å². The minimum Gasteiger partial charge on any atom is -0.478 e. The normalized spacial score (nSPS) is 11.4. The van der Waals surface area contributed by atoms with Gasteiger partial charge in [0.25, 0.3) is 0 Å². The average Bonchev–Trinajstić information content (AvgIpc) is 2.33. The molecule has 1 aromatic heterocycles. The molecule has 0 aromatic carbocycles. The summed E-state index contributed by atoms with van der Waals surface area (Å²) in [5, 5.41) is 3.34. The third-order valence-corrected chi connectivity index (χ3v) is 2.52. The molecule has 0 saturated heterocycles. The number of aromatic nitrogens is 2. The fraction of sp³-hybridized carbons (Fsp3) is 0.600. The molecule has 0 aliphatic carbocycles. The first kappa shape index (κ1) is 14.9. The van der Waals surface area contributed by atoms with Crippen molar-refractivity contribution in [1.29, 1.82) is 0 Å². The molecule has 1 N–H and O–H groups in total. The van der Waals surface area contributed by atoms with Crippen LogP contribution in [0.25, 0.3) is 0 Å². The summed E-state index contributed by atoms with van der Waals surface area (Å²) in [6.45, 7) is -0.0203. The fourth-order valence-corrected chi connectivity index (χ4v) is 1.52. The Morgan fingerprint density at radius 2 is 2.11 bits per heavy atom. The second kappa shape index (κ2) is 6.67. The number of anilines is 1. The number of hydrogen-bond donors (Lipinski definition) is 1. The molecule has 0 saturated carbocycles. The predicted octanol–water partition coefficient (Wildman–Crippen LogP) is 2.96. The van der Waals surface area contributed by atoms with Gasteiger partial charge >= 0.3 is 6.18 Å². The van der Waals surface area contributed by atoms with E-state index in [4.69, 9.17) is 4.74 Å². The Kier molecular flexibility index (Phi) is 5.52. The van der Waals surface area contributed by atoms with Crippen molar-refractivity contribution in [2.75, 3.05) is 25.2 Å². The first-order chi connectivity index (χ1) is 8.44. The van der Waals surface area contributed by atoms with E-state index in [9.17, 15) is 13.2 Å². The molecular formula is C10H14F3N3OS. The summed E-state index contributed by atoms with van der Waals surface area (Å²) < 4.78 is 41.0. The first-order valence-corrected chi connectivity index (χ1v) is 6.47. The number of hydrogen-bond acceptors (Lipinski definition) is 5. The van der Waals surface area contributed by atoms with E-state index in [0.717, 1.165) is 0 Å². The number of ether oxygens (including phenoxy) is 1. The minimum absolute atomic E-state index is 0.0203.